The van der Waals surface area contributed by atoms with Gasteiger partial charge in [-0.2, -0.15) is 0 Å². The van der Waals surface area contributed by atoms with E-state index >= 15 is 0 Å². The third kappa shape index (κ3) is 3.89. The third-order valence-corrected chi connectivity index (χ3v) is 5.47. The monoisotopic (exact) mass is 392 g/mol. The molecule has 27 heavy (non-hydrogen) atoms. The number of benzene rings is 2. The Morgan fingerprint density at radius 1 is 0.926 bits per heavy atom. The number of halogens is 1. The normalized spacial score (nSPS) is 10.9. The number of rotatable bonds is 5. The van der Waals surface area contributed by atoms with Crippen LogP contribution in [0.4, 0.5) is 0 Å². The van der Waals surface area contributed by atoms with Gasteiger partial charge in [-0.05, 0) is 36.8 Å². The summed E-state index contributed by atoms with van der Waals surface area (Å²) in [5, 5.41) is 10.3. The molecule has 0 amide bonds. The van der Waals surface area contributed by atoms with Crippen molar-refractivity contribution in [3.8, 4) is 17.1 Å². The lowest BCUT2D eigenvalue weighted by molar-refractivity contribution is 0.886. The number of aryl methyl sites for hydroxylation is 1. The molecule has 2 aromatic carbocycles. The summed E-state index contributed by atoms with van der Waals surface area (Å²) in [6.07, 6.45) is 3.50. The van der Waals surface area contributed by atoms with Gasteiger partial charge in [-0.25, -0.2) is 0 Å². The predicted molar refractivity (Wildman–Crippen MR) is 110 cm³/mol. The molecule has 4 rings (SSSR count). The average molecular weight is 393 g/mol. The van der Waals surface area contributed by atoms with Crippen molar-refractivity contribution in [3.05, 3.63) is 89.2 Å². The van der Waals surface area contributed by atoms with Gasteiger partial charge in [0.1, 0.15) is 0 Å². The average Bonchev–Trinajstić information content (AvgIpc) is 3.12. The molecule has 0 unspecified atom stereocenters. The molecule has 2 heterocycles. The topological polar surface area (TPSA) is 43.6 Å². The largest absolute Gasteiger partial charge is 0.268 e. The number of hydrogen-bond donors (Lipinski definition) is 0. The summed E-state index contributed by atoms with van der Waals surface area (Å²) >= 11 is 8.12. The van der Waals surface area contributed by atoms with Crippen molar-refractivity contribution in [2.45, 2.75) is 17.8 Å². The van der Waals surface area contributed by atoms with E-state index in [4.69, 9.17) is 11.6 Å². The van der Waals surface area contributed by atoms with Crippen LogP contribution in [0, 0.1) is 6.92 Å². The lowest BCUT2D eigenvalue weighted by Gasteiger charge is -2.12. The van der Waals surface area contributed by atoms with Crippen LogP contribution >= 0.6 is 23.4 Å². The molecule has 0 aliphatic heterocycles. The minimum atomic E-state index is 0.657. The molecule has 6 heteroatoms. The highest BCUT2D eigenvalue weighted by Crippen LogP contribution is 2.32. The second-order valence-corrected chi connectivity index (χ2v) is 7.45. The number of thioether (sulfide) groups is 1. The number of nitrogens with zero attached hydrogens (tertiary/aromatic N) is 4. The maximum Gasteiger partial charge on any atom is 0.196 e. The Kier molecular flexibility index (Phi) is 5.23. The highest BCUT2D eigenvalue weighted by Gasteiger charge is 2.18. The Morgan fingerprint density at radius 3 is 2.41 bits per heavy atom. The predicted octanol–water partition coefficient (Wildman–Crippen LogP) is 5.58. The molecule has 0 saturated heterocycles. The summed E-state index contributed by atoms with van der Waals surface area (Å²) in [7, 11) is 0. The van der Waals surface area contributed by atoms with Crippen LogP contribution in [0.15, 0.2) is 78.2 Å². The third-order valence-electron chi connectivity index (χ3n) is 4.15. The van der Waals surface area contributed by atoms with Gasteiger partial charge >= 0.3 is 0 Å². The minimum Gasteiger partial charge on any atom is -0.268 e. The van der Waals surface area contributed by atoms with Gasteiger partial charge in [-0.3, -0.25) is 9.55 Å². The lowest BCUT2D eigenvalue weighted by atomic mass is 10.2. The van der Waals surface area contributed by atoms with E-state index in [0.29, 0.717) is 5.02 Å². The summed E-state index contributed by atoms with van der Waals surface area (Å²) < 4.78 is 2.01. The van der Waals surface area contributed by atoms with Gasteiger partial charge in [0.25, 0.3) is 0 Å². The van der Waals surface area contributed by atoms with Gasteiger partial charge in [-0.15, -0.1) is 10.2 Å². The molecule has 0 N–H and O–H groups in total. The van der Waals surface area contributed by atoms with E-state index < -0.39 is 0 Å². The van der Waals surface area contributed by atoms with Crippen LogP contribution in [0.1, 0.15) is 11.1 Å². The highest BCUT2D eigenvalue weighted by atomic mass is 35.5. The standard InChI is InChI=1S/C21H17ClN4S/c1-15-6-8-16(9-7-15)14-27-21-25-24-20(17-10-12-23-13-11-17)26(21)19-5-3-2-4-18(19)22/h2-13H,14H2,1H3. The van der Waals surface area contributed by atoms with Crippen molar-refractivity contribution >= 4 is 23.4 Å². The van der Waals surface area contributed by atoms with E-state index in [0.717, 1.165) is 28.0 Å². The van der Waals surface area contributed by atoms with Crippen molar-refractivity contribution < 1.29 is 0 Å². The molecule has 0 aliphatic rings. The van der Waals surface area contributed by atoms with Crippen molar-refractivity contribution in [2.24, 2.45) is 0 Å². The SMILES string of the molecule is Cc1ccc(CSc2nnc(-c3ccncc3)n2-c2ccccc2Cl)cc1. The van der Waals surface area contributed by atoms with E-state index in [1.165, 1.54) is 11.1 Å². The minimum absolute atomic E-state index is 0.657. The van der Waals surface area contributed by atoms with Gasteiger partial charge in [-0.1, -0.05) is 65.3 Å². The fraction of sp³-hybridized carbons (Fsp3) is 0.0952. The van der Waals surface area contributed by atoms with E-state index in [1.54, 1.807) is 24.2 Å². The highest BCUT2D eigenvalue weighted by molar-refractivity contribution is 7.98. The molecule has 134 valence electrons. The first kappa shape index (κ1) is 17.8. The zero-order valence-corrected chi connectivity index (χ0v) is 16.3. The molecule has 0 saturated carbocycles. The van der Waals surface area contributed by atoms with E-state index in [-0.39, 0.29) is 0 Å². The fourth-order valence-corrected chi connectivity index (χ4v) is 3.85. The zero-order chi connectivity index (χ0) is 18.6. The number of hydrogen-bond acceptors (Lipinski definition) is 4. The Bertz CT molecular complexity index is 1050. The summed E-state index contributed by atoms with van der Waals surface area (Å²) in [4.78, 5) is 4.09. The summed E-state index contributed by atoms with van der Waals surface area (Å²) in [5.74, 6) is 1.55. The molecule has 0 radical (unpaired) electrons. The first-order valence-corrected chi connectivity index (χ1v) is 9.88. The van der Waals surface area contributed by atoms with Gasteiger partial charge in [0.05, 0.1) is 10.7 Å². The zero-order valence-electron chi connectivity index (χ0n) is 14.7. The Labute approximate surface area is 167 Å². The van der Waals surface area contributed by atoms with Crippen molar-refractivity contribution in [1.29, 1.82) is 0 Å². The van der Waals surface area contributed by atoms with Crippen LogP contribution in [0.2, 0.25) is 5.02 Å². The van der Waals surface area contributed by atoms with Gasteiger partial charge < -0.3 is 0 Å². The van der Waals surface area contributed by atoms with E-state index in [9.17, 15) is 0 Å². The van der Waals surface area contributed by atoms with Crippen molar-refractivity contribution in [2.75, 3.05) is 0 Å². The molecule has 0 atom stereocenters. The molecular weight excluding hydrogens is 376 g/mol. The first-order valence-electron chi connectivity index (χ1n) is 8.51. The second-order valence-electron chi connectivity index (χ2n) is 6.10. The number of aromatic nitrogens is 4. The number of pyridine rings is 1. The Hall–Kier alpha value is -2.63. The van der Waals surface area contributed by atoms with E-state index in [2.05, 4.69) is 46.4 Å². The molecule has 0 fully saturated rings. The maximum atomic E-state index is 6.48. The molecule has 0 spiro atoms. The van der Waals surface area contributed by atoms with Crippen LogP contribution in [0.5, 0.6) is 0 Å². The van der Waals surface area contributed by atoms with Gasteiger partial charge in [0, 0.05) is 23.7 Å². The molecular formula is C21H17ClN4S. The Balaban J connectivity index is 1.74. The second kappa shape index (κ2) is 7.94. The summed E-state index contributed by atoms with van der Waals surface area (Å²) in [6.45, 7) is 2.09. The fourth-order valence-electron chi connectivity index (χ4n) is 2.73. The van der Waals surface area contributed by atoms with Gasteiger partial charge in [0.2, 0.25) is 0 Å². The van der Waals surface area contributed by atoms with Crippen LogP contribution in [-0.2, 0) is 5.75 Å². The Morgan fingerprint density at radius 2 is 1.67 bits per heavy atom. The summed E-state index contributed by atoms with van der Waals surface area (Å²) in [5.41, 5.74) is 4.30. The number of para-hydroxylation sites is 1. The molecule has 2 aromatic heterocycles. The summed E-state index contributed by atoms with van der Waals surface area (Å²) in [6, 6.07) is 20.1. The molecule has 0 bridgehead atoms. The lowest BCUT2D eigenvalue weighted by Crippen LogP contribution is -2.00. The van der Waals surface area contributed by atoms with Crippen molar-refractivity contribution in [3.63, 3.8) is 0 Å². The molecule has 0 aliphatic carbocycles. The smallest absolute Gasteiger partial charge is 0.196 e. The van der Waals surface area contributed by atoms with Crippen LogP contribution in [-0.4, -0.2) is 19.7 Å². The quantitative estimate of drug-likeness (QED) is 0.415. The van der Waals surface area contributed by atoms with E-state index in [1.807, 2.05) is 41.0 Å². The van der Waals surface area contributed by atoms with Crippen LogP contribution in [0.3, 0.4) is 0 Å². The van der Waals surface area contributed by atoms with Crippen LogP contribution < -0.4 is 0 Å². The van der Waals surface area contributed by atoms with Crippen molar-refractivity contribution in [1.82, 2.24) is 19.7 Å². The first-order chi connectivity index (χ1) is 13.2. The molecule has 4 aromatic rings. The van der Waals surface area contributed by atoms with Crippen LogP contribution in [0.25, 0.3) is 17.1 Å². The maximum absolute atomic E-state index is 6.48. The molecule has 4 nitrogen and oxygen atoms in total. The van der Waals surface area contributed by atoms with Gasteiger partial charge in [0.15, 0.2) is 11.0 Å².